The lowest BCUT2D eigenvalue weighted by molar-refractivity contribution is 0.0227. The van der Waals surface area contributed by atoms with Gasteiger partial charge < -0.3 is 10.8 Å². The van der Waals surface area contributed by atoms with Gasteiger partial charge in [0.1, 0.15) is 0 Å². The lowest BCUT2D eigenvalue weighted by Crippen LogP contribution is -2.34. The number of fused-ring (bicyclic) bond motifs is 1. The van der Waals surface area contributed by atoms with E-state index in [0.717, 1.165) is 16.5 Å². The number of aliphatic hydroxyl groups is 1. The lowest BCUT2D eigenvalue weighted by atomic mass is 9.76. The molecule has 4 heteroatoms. The molecule has 3 rings (SSSR count). The Bertz CT molecular complexity index is 629. The van der Waals surface area contributed by atoms with Gasteiger partial charge in [0.25, 0.3) is 0 Å². The van der Waals surface area contributed by atoms with Crippen LogP contribution >= 0.6 is 15.9 Å². The minimum atomic E-state index is -0.904. The van der Waals surface area contributed by atoms with Crippen LogP contribution in [0.4, 0.5) is 5.69 Å². The van der Waals surface area contributed by atoms with Crippen LogP contribution in [0.25, 0.3) is 0 Å². The summed E-state index contributed by atoms with van der Waals surface area (Å²) in [7, 11) is 0. The smallest absolute Gasteiger partial charge is 0.0974 e. The standard InChI is InChI=1S/C15H15BrN2O/c16-12-2-1-11-8-15(19,5-3-10(11)7-12)13-9-18-6-4-14(13)17/h1-2,4,6-7,9,19H,3,5,8H2,(H2,17,18). The Morgan fingerprint density at radius 2 is 2.11 bits per heavy atom. The van der Waals surface area contributed by atoms with Crippen LogP contribution < -0.4 is 5.73 Å². The van der Waals surface area contributed by atoms with Crippen LogP contribution in [0.5, 0.6) is 0 Å². The minimum absolute atomic E-state index is 0.589. The van der Waals surface area contributed by atoms with Crippen molar-refractivity contribution in [1.29, 1.82) is 0 Å². The van der Waals surface area contributed by atoms with Crippen molar-refractivity contribution in [3.63, 3.8) is 0 Å². The highest BCUT2D eigenvalue weighted by molar-refractivity contribution is 9.10. The van der Waals surface area contributed by atoms with Gasteiger partial charge in [0.15, 0.2) is 0 Å². The third kappa shape index (κ3) is 2.26. The van der Waals surface area contributed by atoms with Crippen molar-refractivity contribution >= 4 is 21.6 Å². The quantitative estimate of drug-likeness (QED) is 0.850. The maximum atomic E-state index is 10.9. The number of nitrogen functional groups attached to an aromatic ring is 1. The van der Waals surface area contributed by atoms with Gasteiger partial charge in [0.2, 0.25) is 0 Å². The second kappa shape index (κ2) is 4.62. The average Bonchev–Trinajstić information content (AvgIpc) is 2.40. The van der Waals surface area contributed by atoms with Crippen LogP contribution in [0.2, 0.25) is 0 Å². The van der Waals surface area contributed by atoms with Crippen LogP contribution in [0.15, 0.2) is 41.1 Å². The van der Waals surface area contributed by atoms with Crippen molar-refractivity contribution in [2.75, 3.05) is 5.73 Å². The molecule has 1 heterocycles. The van der Waals surface area contributed by atoms with Gasteiger partial charge in [0.05, 0.1) is 5.60 Å². The van der Waals surface area contributed by atoms with E-state index in [1.807, 2.05) is 6.07 Å². The van der Waals surface area contributed by atoms with E-state index in [9.17, 15) is 5.11 Å². The van der Waals surface area contributed by atoms with Crippen LogP contribution in [0, 0.1) is 0 Å². The summed E-state index contributed by atoms with van der Waals surface area (Å²) in [4.78, 5) is 4.09. The summed E-state index contributed by atoms with van der Waals surface area (Å²) in [6.07, 6.45) is 5.44. The van der Waals surface area contributed by atoms with Gasteiger partial charge in [-0.1, -0.05) is 22.0 Å². The number of nitrogens with zero attached hydrogens (tertiary/aromatic N) is 1. The van der Waals surface area contributed by atoms with E-state index in [1.54, 1.807) is 18.5 Å². The fourth-order valence-corrected chi connectivity index (χ4v) is 3.18. The van der Waals surface area contributed by atoms with Gasteiger partial charge >= 0.3 is 0 Å². The first-order valence-electron chi connectivity index (χ1n) is 6.28. The summed E-state index contributed by atoms with van der Waals surface area (Å²) in [5, 5.41) is 10.9. The Morgan fingerprint density at radius 3 is 2.89 bits per heavy atom. The number of anilines is 1. The van der Waals surface area contributed by atoms with Crippen molar-refractivity contribution in [3.8, 4) is 0 Å². The number of nitrogens with two attached hydrogens (primary N) is 1. The summed E-state index contributed by atoms with van der Waals surface area (Å²) in [6.45, 7) is 0. The Kier molecular flexibility index (Phi) is 3.07. The zero-order chi connectivity index (χ0) is 13.5. The van der Waals surface area contributed by atoms with E-state index in [1.165, 1.54) is 11.1 Å². The molecule has 1 atom stereocenters. The van der Waals surface area contributed by atoms with E-state index >= 15 is 0 Å². The van der Waals surface area contributed by atoms with E-state index in [-0.39, 0.29) is 0 Å². The van der Waals surface area contributed by atoms with Crippen LogP contribution in [0.1, 0.15) is 23.1 Å². The molecule has 0 amide bonds. The van der Waals surface area contributed by atoms with Crippen molar-refractivity contribution < 1.29 is 5.11 Å². The van der Waals surface area contributed by atoms with Crippen LogP contribution in [-0.2, 0) is 18.4 Å². The van der Waals surface area contributed by atoms with Gasteiger partial charge in [-0.2, -0.15) is 0 Å². The highest BCUT2D eigenvalue weighted by atomic mass is 79.9. The molecule has 0 spiro atoms. The molecular weight excluding hydrogens is 304 g/mol. The fraction of sp³-hybridized carbons (Fsp3) is 0.267. The number of rotatable bonds is 1. The van der Waals surface area contributed by atoms with Gasteiger partial charge in [-0.15, -0.1) is 0 Å². The van der Waals surface area contributed by atoms with Crippen molar-refractivity contribution in [1.82, 2.24) is 4.98 Å². The number of hydrogen-bond donors (Lipinski definition) is 2. The maximum absolute atomic E-state index is 10.9. The largest absolute Gasteiger partial charge is 0.398 e. The van der Waals surface area contributed by atoms with Crippen molar-refractivity contribution in [2.24, 2.45) is 0 Å². The van der Waals surface area contributed by atoms with E-state index < -0.39 is 5.60 Å². The molecule has 0 fully saturated rings. The molecule has 0 saturated heterocycles. The molecule has 0 bridgehead atoms. The number of aromatic nitrogens is 1. The van der Waals surface area contributed by atoms with E-state index in [0.29, 0.717) is 18.5 Å². The minimum Gasteiger partial charge on any atom is -0.398 e. The van der Waals surface area contributed by atoms with E-state index in [2.05, 4.69) is 33.0 Å². The molecule has 98 valence electrons. The van der Waals surface area contributed by atoms with Gasteiger partial charge in [-0.25, -0.2) is 0 Å². The normalized spacial score (nSPS) is 22.0. The Balaban J connectivity index is 2.01. The zero-order valence-corrected chi connectivity index (χ0v) is 12.0. The van der Waals surface area contributed by atoms with E-state index in [4.69, 9.17) is 5.73 Å². The molecule has 19 heavy (non-hydrogen) atoms. The summed E-state index contributed by atoms with van der Waals surface area (Å²) in [5.74, 6) is 0. The SMILES string of the molecule is Nc1ccncc1C1(O)CCc2cc(Br)ccc2C1. The van der Waals surface area contributed by atoms with Gasteiger partial charge in [-0.3, -0.25) is 4.98 Å². The molecule has 1 aromatic carbocycles. The monoisotopic (exact) mass is 318 g/mol. The Labute approximate surface area is 120 Å². The third-order valence-electron chi connectivity index (χ3n) is 3.82. The predicted octanol–water partition coefficient (Wildman–Crippen LogP) is 2.80. The second-order valence-corrected chi connectivity index (χ2v) is 6.00. The molecule has 3 nitrogen and oxygen atoms in total. The van der Waals surface area contributed by atoms with Crippen molar-refractivity contribution in [2.45, 2.75) is 24.9 Å². The zero-order valence-electron chi connectivity index (χ0n) is 10.4. The number of hydrogen-bond acceptors (Lipinski definition) is 3. The van der Waals surface area contributed by atoms with Gasteiger partial charge in [-0.05, 0) is 42.2 Å². The number of benzene rings is 1. The van der Waals surface area contributed by atoms with Crippen molar-refractivity contribution in [3.05, 3.63) is 57.8 Å². The summed E-state index contributed by atoms with van der Waals surface area (Å²) in [6, 6.07) is 7.94. The van der Waals surface area contributed by atoms with Gasteiger partial charge in [0, 0.05) is 34.5 Å². The molecule has 0 aliphatic heterocycles. The second-order valence-electron chi connectivity index (χ2n) is 5.08. The highest BCUT2D eigenvalue weighted by Gasteiger charge is 2.35. The number of halogens is 1. The third-order valence-corrected chi connectivity index (χ3v) is 4.31. The lowest BCUT2D eigenvalue weighted by Gasteiger charge is -2.34. The first-order valence-corrected chi connectivity index (χ1v) is 7.07. The Hall–Kier alpha value is -1.39. The molecule has 1 unspecified atom stereocenters. The molecule has 1 aliphatic carbocycles. The molecular formula is C15H15BrN2O. The molecule has 1 aromatic heterocycles. The average molecular weight is 319 g/mol. The predicted molar refractivity (Wildman–Crippen MR) is 78.7 cm³/mol. The van der Waals surface area contributed by atoms with Crippen LogP contribution in [-0.4, -0.2) is 10.1 Å². The fourth-order valence-electron chi connectivity index (χ4n) is 2.77. The van der Waals surface area contributed by atoms with Crippen LogP contribution in [0.3, 0.4) is 0 Å². The molecule has 0 radical (unpaired) electrons. The molecule has 2 aromatic rings. The Morgan fingerprint density at radius 1 is 1.26 bits per heavy atom. The molecule has 0 saturated carbocycles. The summed E-state index contributed by atoms with van der Waals surface area (Å²) < 4.78 is 1.08. The number of pyridine rings is 1. The molecule has 3 N–H and O–H groups in total. The summed E-state index contributed by atoms with van der Waals surface area (Å²) >= 11 is 3.48. The first-order chi connectivity index (χ1) is 9.08. The number of aryl methyl sites for hydroxylation is 1. The first kappa shape index (κ1) is 12.6. The maximum Gasteiger partial charge on any atom is 0.0974 e. The highest BCUT2D eigenvalue weighted by Crippen LogP contribution is 2.38. The molecule has 1 aliphatic rings. The topological polar surface area (TPSA) is 59.1 Å². The summed E-state index contributed by atoms with van der Waals surface area (Å²) in [5.41, 5.74) is 8.89.